The lowest BCUT2D eigenvalue weighted by atomic mass is 10.1. The van der Waals surface area contributed by atoms with E-state index in [1.165, 1.54) is 13.2 Å². The van der Waals surface area contributed by atoms with E-state index in [0.717, 1.165) is 12.8 Å². The molecular formula is C17H19N3O5. The molecule has 2 aliphatic heterocycles. The monoisotopic (exact) mass is 345 g/mol. The highest BCUT2D eigenvalue weighted by Gasteiger charge is 2.43. The number of likely N-dealkylation sites (tertiary alicyclic amines) is 1. The maximum atomic E-state index is 13.0. The van der Waals surface area contributed by atoms with Crippen LogP contribution in [0.1, 0.15) is 40.3 Å². The van der Waals surface area contributed by atoms with E-state index in [2.05, 4.69) is 9.72 Å². The highest BCUT2D eigenvalue weighted by molar-refractivity contribution is 5.99. The van der Waals surface area contributed by atoms with Crippen LogP contribution in [-0.2, 0) is 9.53 Å². The number of nitrogens with zero attached hydrogens (tertiary/aromatic N) is 2. The largest absolute Gasteiger partial charge is 0.464 e. The van der Waals surface area contributed by atoms with Gasteiger partial charge in [0, 0.05) is 38.2 Å². The number of aromatic nitrogens is 1. The number of fused-ring (bicyclic) bond motifs is 3. The van der Waals surface area contributed by atoms with Crippen molar-refractivity contribution in [2.75, 3.05) is 20.7 Å². The molecule has 2 fully saturated rings. The van der Waals surface area contributed by atoms with Gasteiger partial charge in [0.05, 0.1) is 18.7 Å². The second kappa shape index (κ2) is 5.65. The number of furan rings is 1. The minimum absolute atomic E-state index is 0.0167. The summed E-state index contributed by atoms with van der Waals surface area (Å²) in [6.07, 6.45) is 2.07. The van der Waals surface area contributed by atoms with Gasteiger partial charge in [-0.3, -0.25) is 9.59 Å². The van der Waals surface area contributed by atoms with Crippen molar-refractivity contribution in [3.8, 4) is 0 Å². The molecule has 2 bridgehead atoms. The van der Waals surface area contributed by atoms with Crippen molar-refractivity contribution in [2.45, 2.75) is 31.3 Å². The predicted molar refractivity (Wildman–Crippen MR) is 87.1 cm³/mol. The van der Waals surface area contributed by atoms with Gasteiger partial charge in [0.2, 0.25) is 5.91 Å². The Morgan fingerprint density at radius 1 is 1.28 bits per heavy atom. The highest BCUT2D eigenvalue weighted by Crippen LogP contribution is 2.33. The van der Waals surface area contributed by atoms with Gasteiger partial charge in [-0.05, 0) is 12.8 Å². The molecule has 0 aliphatic carbocycles. The lowest BCUT2D eigenvalue weighted by molar-refractivity contribution is -0.130. The fraction of sp³-hybridized carbons (Fsp3) is 0.471. The fourth-order valence-electron chi connectivity index (χ4n) is 3.82. The van der Waals surface area contributed by atoms with Gasteiger partial charge in [-0.1, -0.05) is 0 Å². The number of H-pyrrole nitrogens is 1. The Hall–Kier alpha value is -2.77. The number of amides is 2. The van der Waals surface area contributed by atoms with Crippen molar-refractivity contribution < 1.29 is 23.5 Å². The maximum Gasteiger partial charge on any atom is 0.354 e. The Labute approximate surface area is 143 Å². The Bertz CT molecular complexity index is 835. The number of methoxy groups -OCH3 is 1. The van der Waals surface area contributed by atoms with Crippen LogP contribution in [0.15, 0.2) is 16.5 Å². The van der Waals surface area contributed by atoms with Crippen LogP contribution in [-0.4, -0.2) is 65.4 Å². The second-order valence-electron chi connectivity index (χ2n) is 6.64. The Balaban J connectivity index is 1.62. The molecule has 8 nitrogen and oxygen atoms in total. The molecule has 2 amide bonds. The summed E-state index contributed by atoms with van der Waals surface area (Å²) in [6, 6.07) is 3.05. The lowest BCUT2D eigenvalue weighted by Crippen LogP contribution is -2.42. The standard InChI is InChI=1S/C17H19N3O5/c1-19-8-10-4-3-9(5-15(19)21)20(10)16(22)14-6-11-13(25-14)7-12(18-11)17(23)24-2/h6-7,9-10,18H,3-5,8H2,1-2H3/t9-,10+/m0/s1. The van der Waals surface area contributed by atoms with Crippen molar-refractivity contribution in [1.82, 2.24) is 14.8 Å². The first-order chi connectivity index (χ1) is 12.0. The van der Waals surface area contributed by atoms with E-state index < -0.39 is 5.97 Å². The molecule has 25 heavy (non-hydrogen) atoms. The number of rotatable bonds is 2. The van der Waals surface area contributed by atoms with Gasteiger partial charge in [-0.15, -0.1) is 0 Å². The molecule has 2 aromatic rings. The maximum absolute atomic E-state index is 13.0. The summed E-state index contributed by atoms with van der Waals surface area (Å²) in [5, 5.41) is 0. The second-order valence-corrected chi connectivity index (χ2v) is 6.64. The van der Waals surface area contributed by atoms with Gasteiger partial charge in [0.15, 0.2) is 11.3 Å². The van der Waals surface area contributed by atoms with Crippen LogP contribution in [0.5, 0.6) is 0 Å². The van der Waals surface area contributed by atoms with E-state index in [1.807, 2.05) is 0 Å². The molecule has 0 saturated carbocycles. The zero-order valence-electron chi connectivity index (χ0n) is 14.1. The lowest BCUT2D eigenvalue weighted by Gasteiger charge is -2.27. The van der Waals surface area contributed by atoms with Crippen LogP contribution in [0.25, 0.3) is 11.1 Å². The number of likely N-dealkylation sites (N-methyl/N-ethyl adjacent to an activating group) is 1. The minimum atomic E-state index is -0.494. The first-order valence-electron chi connectivity index (χ1n) is 8.25. The molecule has 2 aromatic heterocycles. The first kappa shape index (κ1) is 15.7. The van der Waals surface area contributed by atoms with E-state index >= 15 is 0 Å². The van der Waals surface area contributed by atoms with Gasteiger partial charge in [0.1, 0.15) is 5.69 Å². The highest BCUT2D eigenvalue weighted by atomic mass is 16.5. The third kappa shape index (κ3) is 2.48. The zero-order valence-corrected chi connectivity index (χ0v) is 14.1. The van der Waals surface area contributed by atoms with Gasteiger partial charge >= 0.3 is 5.97 Å². The van der Waals surface area contributed by atoms with Crippen LogP contribution >= 0.6 is 0 Å². The summed E-state index contributed by atoms with van der Waals surface area (Å²) < 4.78 is 10.3. The molecule has 4 heterocycles. The number of hydrogen-bond acceptors (Lipinski definition) is 5. The Morgan fingerprint density at radius 2 is 2.04 bits per heavy atom. The predicted octanol–water partition coefficient (Wildman–Crippen LogP) is 1.38. The number of ether oxygens (including phenoxy) is 1. The fourth-order valence-corrected chi connectivity index (χ4v) is 3.82. The van der Waals surface area contributed by atoms with Crippen molar-refractivity contribution in [3.63, 3.8) is 0 Å². The zero-order chi connectivity index (χ0) is 17.7. The average molecular weight is 345 g/mol. The van der Waals surface area contributed by atoms with E-state index in [-0.39, 0.29) is 35.4 Å². The molecule has 4 rings (SSSR count). The van der Waals surface area contributed by atoms with Gasteiger partial charge < -0.3 is 23.9 Å². The molecule has 1 N–H and O–H groups in total. The molecule has 132 valence electrons. The summed E-state index contributed by atoms with van der Waals surface area (Å²) in [5.41, 5.74) is 1.27. The summed E-state index contributed by atoms with van der Waals surface area (Å²) in [7, 11) is 3.07. The quantitative estimate of drug-likeness (QED) is 0.830. The number of esters is 1. The van der Waals surface area contributed by atoms with Crippen molar-refractivity contribution in [1.29, 1.82) is 0 Å². The van der Waals surface area contributed by atoms with Gasteiger partial charge in [0.25, 0.3) is 5.91 Å². The van der Waals surface area contributed by atoms with Crippen molar-refractivity contribution in [2.24, 2.45) is 0 Å². The topological polar surface area (TPSA) is 95.8 Å². The summed E-state index contributed by atoms with van der Waals surface area (Å²) in [4.78, 5) is 42.9. The van der Waals surface area contributed by atoms with E-state index in [1.54, 1.807) is 22.9 Å². The van der Waals surface area contributed by atoms with Crippen molar-refractivity contribution >= 4 is 28.9 Å². The minimum Gasteiger partial charge on any atom is -0.464 e. The number of aromatic amines is 1. The van der Waals surface area contributed by atoms with Crippen LogP contribution < -0.4 is 0 Å². The smallest absolute Gasteiger partial charge is 0.354 e. The summed E-state index contributed by atoms with van der Waals surface area (Å²) in [5.74, 6) is -0.419. The number of hydrogen-bond donors (Lipinski definition) is 1. The normalized spacial score (nSPS) is 23.2. The van der Waals surface area contributed by atoms with E-state index in [0.29, 0.717) is 24.1 Å². The summed E-state index contributed by atoms with van der Waals surface area (Å²) >= 11 is 0. The number of nitrogens with one attached hydrogen (secondary N) is 1. The molecule has 2 atom stereocenters. The third-order valence-corrected chi connectivity index (χ3v) is 5.10. The molecular weight excluding hydrogens is 326 g/mol. The molecule has 0 unspecified atom stereocenters. The van der Waals surface area contributed by atoms with Crippen LogP contribution in [0.2, 0.25) is 0 Å². The number of carbonyl (C=O) groups is 3. The van der Waals surface area contributed by atoms with Crippen LogP contribution in [0.4, 0.5) is 0 Å². The Kier molecular flexibility index (Phi) is 3.55. The van der Waals surface area contributed by atoms with Crippen LogP contribution in [0.3, 0.4) is 0 Å². The molecule has 2 saturated heterocycles. The van der Waals surface area contributed by atoms with Gasteiger partial charge in [-0.25, -0.2) is 4.79 Å². The van der Waals surface area contributed by atoms with Gasteiger partial charge in [-0.2, -0.15) is 0 Å². The summed E-state index contributed by atoms with van der Waals surface area (Å²) in [6.45, 7) is 0.548. The molecule has 0 spiro atoms. The Morgan fingerprint density at radius 3 is 2.76 bits per heavy atom. The molecule has 0 radical (unpaired) electrons. The third-order valence-electron chi connectivity index (χ3n) is 5.10. The van der Waals surface area contributed by atoms with E-state index in [9.17, 15) is 14.4 Å². The number of carbonyl (C=O) groups excluding carboxylic acids is 3. The SMILES string of the molecule is COC(=O)c1cc2oc(C(=O)N3[C@@H]4CC[C@H]3CC(=O)N(C)C4)cc2[nH]1. The average Bonchev–Trinajstić information content (AvgIpc) is 3.24. The molecule has 2 aliphatic rings. The molecule has 0 aromatic carbocycles. The first-order valence-corrected chi connectivity index (χ1v) is 8.25. The van der Waals surface area contributed by atoms with E-state index in [4.69, 9.17) is 4.42 Å². The van der Waals surface area contributed by atoms with Crippen molar-refractivity contribution in [3.05, 3.63) is 23.6 Å². The van der Waals surface area contributed by atoms with Crippen LogP contribution in [0, 0.1) is 0 Å². The molecule has 8 heteroatoms.